The lowest BCUT2D eigenvalue weighted by Crippen LogP contribution is -3.15. The summed E-state index contributed by atoms with van der Waals surface area (Å²) in [6.45, 7) is 4.05. The minimum atomic E-state index is -3.49. The van der Waals surface area contributed by atoms with Crippen LogP contribution in [0.15, 0.2) is 58.5 Å². The van der Waals surface area contributed by atoms with Gasteiger partial charge in [0.2, 0.25) is 10.0 Å². The second-order valence-corrected chi connectivity index (χ2v) is 9.37. The SMILES string of the molecule is Cc1ccc(S(=O)(=O)N2CC[NH+](CC(=O)N/N=C/c3cccc(Cl)c3)CC2)cc1. The summed E-state index contributed by atoms with van der Waals surface area (Å²) in [5.74, 6) is -0.215. The number of hydrogen-bond acceptors (Lipinski definition) is 4. The molecule has 2 aromatic carbocycles. The number of rotatable bonds is 6. The summed E-state index contributed by atoms with van der Waals surface area (Å²) in [6, 6.07) is 14.0. The van der Waals surface area contributed by atoms with Gasteiger partial charge in [-0.1, -0.05) is 41.4 Å². The summed E-state index contributed by atoms with van der Waals surface area (Å²) < 4.78 is 27.0. The second-order valence-electron chi connectivity index (χ2n) is 6.99. The highest BCUT2D eigenvalue weighted by molar-refractivity contribution is 7.89. The second kappa shape index (κ2) is 9.49. The van der Waals surface area contributed by atoms with Crippen LogP contribution in [0.25, 0.3) is 0 Å². The van der Waals surface area contributed by atoms with Gasteiger partial charge in [0.1, 0.15) is 0 Å². The lowest BCUT2D eigenvalue weighted by molar-refractivity contribution is -0.895. The van der Waals surface area contributed by atoms with Gasteiger partial charge in [0.25, 0.3) is 5.91 Å². The molecule has 1 fully saturated rings. The zero-order valence-corrected chi connectivity index (χ0v) is 17.7. The Bertz CT molecular complexity index is 985. The van der Waals surface area contributed by atoms with Crippen LogP contribution in [-0.4, -0.2) is 57.6 Å². The van der Waals surface area contributed by atoms with Gasteiger partial charge in [-0.05, 0) is 36.8 Å². The van der Waals surface area contributed by atoms with Crippen molar-refractivity contribution in [1.29, 1.82) is 0 Å². The number of hydrazone groups is 1. The van der Waals surface area contributed by atoms with Crippen LogP contribution in [0.4, 0.5) is 0 Å². The van der Waals surface area contributed by atoms with Crippen molar-refractivity contribution in [2.24, 2.45) is 5.10 Å². The van der Waals surface area contributed by atoms with Crippen molar-refractivity contribution in [3.8, 4) is 0 Å². The molecule has 29 heavy (non-hydrogen) atoms. The molecular formula is C20H24ClN4O3S+. The highest BCUT2D eigenvalue weighted by Crippen LogP contribution is 2.16. The lowest BCUT2D eigenvalue weighted by Gasteiger charge is -2.31. The first-order valence-corrected chi connectivity index (χ1v) is 11.1. The minimum absolute atomic E-state index is 0.215. The molecule has 1 amide bonds. The molecule has 154 valence electrons. The molecule has 7 nitrogen and oxygen atoms in total. The van der Waals surface area contributed by atoms with E-state index in [2.05, 4.69) is 10.5 Å². The molecule has 0 aliphatic carbocycles. The number of nitrogens with one attached hydrogen (secondary N) is 2. The van der Waals surface area contributed by atoms with Crippen molar-refractivity contribution in [1.82, 2.24) is 9.73 Å². The first-order chi connectivity index (χ1) is 13.8. The number of carbonyl (C=O) groups is 1. The minimum Gasteiger partial charge on any atom is -0.325 e. The Kier molecular flexibility index (Phi) is 7.02. The Morgan fingerprint density at radius 3 is 2.55 bits per heavy atom. The van der Waals surface area contributed by atoms with Gasteiger partial charge in [-0.3, -0.25) is 4.79 Å². The van der Waals surface area contributed by atoms with Crippen molar-refractivity contribution in [2.45, 2.75) is 11.8 Å². The van der Waals surface area contributed by atoms with Gasteiger partial charge < -0.3 is 4.90 Å². The quantitative estimate of drug-likeness (QED) is 0.517. The zero-order chi connectivity index (χ0) is 20.9. The number of amides is 1. The molecule has 0 atom stereocenters. The predicted molar refractivity (Wildman–Crippen MR) is 113 cm³/mol. The molecule has 0 bridgehead atoms. The Hall–Kier alpha value is -2.26. The molecule has 2 N–H and O–H groups in total. The number of aryl methyl sites for hydroxylation is 1. The van der Waals surface area contributed by atoms with Gasteiger partial charge in [-0.15, -0.1) is 0 Å². The Morgan fingerprint density at radius 1 is 1.21 bits per heavy atom. The Morgan fingerprint density at radius 2 is 1.90 bits per heavy atom. The van der Waals surface area contributed by atoms with E-state index in [4.69, 9.17) is 11.6 Å². The smallest absolute Gasteiger partial charge is 0.295 e. The number of hydrogen-bond donors (Lipinski definition) is 2. The summed E-state index contributed by atoms with van der Waals surface area (Å²) in [6.07, 6.45) is 1.53. The summed E-state index contributed by atoms with van der Waals surface area (Å²) >= 11 is 5.91. The third-order valence-corrected chi connectivity index (χ3v) is 6.90. The molecule has 0 unspecified atom stereocenters. The molecule has 0 aromatic heterocycles. The first-order valence-electron chi connectivity index (χ1n) is 9.32. The Balaban J connectivity index is 1.48. The van der Waals surface area contributed by atoms with Crippen molar-refractivity contribution in [3.63, 3.8) is 0 Å². The maximum Gasteiger partial charge on any atom is 0.295 e. The average Bonchev–Trinajstić information content (AvgIpc) is 2.69. The average molecular weight is 436 g/mol. The normalized spacial score (nSPS) is 16.2. The van der Waals surface area contributed by atoms with Crippen LogP contribution < -0.4 is 10.3 Å². The number of sulfonamides is 1. The molecule has 2 aromatic rings. The van der Waals surface area contributed by atoms with E-state index in [1.165, 1.54) is 10.5 Å². The van der Waals surface area contributed by atoms with E-state index in [-0.39, 0.29) is 12.5 Å². The highest BCUT2D eigenvalue weighted by Gasteiger charge is 2.31. The van der Waals surface area contributed by atoms with Gasteiger partial charge in [0, 0.05) is 5.02 Å². The van der Waals surface area contributed by atoms with Crippen LogP contribution in [0.3, 0.4) is 0 Å². The molecule has 0 saturated carbocycles. The molecule has 1 saturated heterocycles. The molecule has 3 rings (SSSR count). The summed E-state index contributed by atoms with van der Waals surface area (Å²) in [4.78, 5) is 13.4. The summed E-state index contributed by atoms with van der Waals surface area (Å²) in [5.41, 5.74) is 4.31. The van der Waals surface area contributed by atoms with Crippen molar-refractivity contribution < 1.29 is 18.1 Å². The van der Waals surface area contributed by atoms with Crippen molar-refractivity contribution in [3.05, 3.63) is 64.7 Å². The van der Waals surface area contributed by atoms with Crippen LogP contribution in [0.1, 0.15) is 11.1 Å². The van der Waals surface area contributed by atoms with Crippen molar-refractivity contribution in [2.75, 3.05) is 32.7 Å². The third kappa shape index (κ3) is 5.86. The number of carbonyl (C=O) groups excluding carboxylic acids is 1. The van der Waals surface area contributed by atoms with E-state index in [9.17, 15) is 13.2 Å². The summed E-state index contributed by atoms with van der Waals surface area (Å²) in [5, 5.41) is 4.55. The maximum absolute atomic E-state index is 12.7. The van der Waals surface area contributed by atoms with Crippen LogP contribution in [0.2, 0.25) is 5.02 Å². The van der Waals surface area contributed by atoms with Crippen LogP contribution in [-0.2, 0) is 14.8 Å². The van der Waals surface area contributed by atoms with E-state index >= 15 is 0 Å². The van der Waals surface area contributed by atoms with E-state index < -0.39 is 10.0 Å². The van der Waals surface area contributed by atoms with E-state index in [0.717, 1.165) is 16.0 Å². The van der Waals surface area contributed by atoms with E-state index in [1.807, 2.05) is 13.0 Å². The topological polar surface area (TPSA) is 83.3 Å². The fourth-order valence-corrected chi connectivity index (χ4v) is 4.75. The van der Waals surface area contributed by atoms with E-state index in [0.29, 0.717) is 36.1 Å². The highest BCUT2D eigenvalue weighted by atomic mass is 35.5. The first kappa shape index (κ1) is 21.4. The zero-order valence-electron chi connectivity index (χ0n) is 16.1. The number of benzene rings is 2. The van der Waals surface area contributed by atoms with E-state index in [1.54, 1.807) is 42.5 Å². The molecular weight excluding hydrogens is 412 g/mol. The number of nitrogens with zero attached hydrogens (tertiary/aromatic N) is 2. The molecule has 0 spiro atoms. The standard InChI is InChI=1S/C20H23ClN4O3S/c1-16-5-7-19(8-6-16)29(27,28)25-11-9-24(10-12-25)15-20(26)23-22-14-17-3-2-4-18(21)13-17/h2-8,13-14H,9-12,15H2,1H3,(H,23,26)/p+1/b22-14+. The number of piperazine rings is 1. The monoisotopic (exact) mass is 435 g/mol. The molecule has 1 heterocycles. The van der Waals surface area contributed by atoms with Crippen molar-refractivity contribution >= 4 is 33.7 Å². The predicted octanol–water partition coefficient (Wildman–Crippen LogP) is 0.688. The van der Waals surface area contributed by atoms with Gasteiger partial charge >= 0.3 is 0 Å². The molecule has 9 heteroatoms. The molecule has 1 aliphatic heterocycles. The number of halogens is 1. The van der Waals surface area contributed by atoms with Gasteiger partial charge in [0.05, 0.1) is 37.3 Å². The fraction of sp³-hybridized carbons (Fsp3) is 0.300. The maximum atomic E-state index is 12.7. The van der Waals surface area contributed by atoms with Crippen LogP contribution >= 0.6 is 11.6 Å². The largest absolute Gasteiger partial charge is 0.325 e. The fourth-order valence-electron chi connectivity index (χ4n) is 3.11. The Labute approximate surface area is 176 Å². The lowest BCUT2D eigenvalue weighted by atomic mass is 10.2. The summed E-state index contributed by atoms with van der Waals surface area (Å²) in [7, 11) is -3.49. The van der Waals surface area contributed by atoms with Gasteiger partial charge in [-0.2, -0.15) is 9.41 Å². The molecule has 0 radical (unpaired) electrons. The van der Waals surface area contributed by atoms with Crippen LogP contribution in [0, 0.1) is 6.92 Å². The van der Waals surface area contributed by atoms with Gasteiger partial charge in [0.15, 0.2) is 6.54 Å². The molecule has 1 aliphatic rings. The van der Waals surface area contributed by atoms with Crippen LogP contribution in [0.5, 0.6) is 0 Å². The van der Waals surface area contributed by atoms with Gasteiger partial charge in [-0.25, -0.2) is 13.8 Å². The third-order valence-electron chi connectivity index (χ3n) is 4.75. The number of quaternary nitrogens is 1.